The first-order valence-corrected chi connectivity index (χ1v) is 11.7. The second-order valence-corrected chi connectivity index (χ2v) is 10.7. The molecule has 1 unspecified atom stereocenters. The number of rotatable bonds is 6. The monoisotopic (exact) mass is 456 g/mol. The Bertz CT molecular complexity index is 984. The van der Waals surface area contributed by atoms with E-state index in [2.05, 4.69) is 26.1 Å². The summed E-state index contributed by atoms with van der Waals surface area (Å²) in [6.45, 7) is 7.85. The highest BCUT2D eigenvalue weighted by molar-refractivity contribution is 7.92. The number of hydrogen-bond acceptors (Lipinski definition) is 3. The molecule has 2 aromatic rings. The van der Waals surface area contributed by atoms with Crippen LogP contribution >= 0.6 is 23.2 Å². The van der Waals surface area contributed by atoms with Crippen molar-refractivity contribution in [1.29, 1.82) is 0 Å². The van der Waals surface area contributed by atoms with E-state index < -0.39 is 22.5 Å². The van der Waals surface area contributed by atoms with E-state index in [-0.39, 0.29) is 27.2 Å². The van der Waals surface area contributed by atoms with E-state index in [1.807, 2.05) is 31.2 Å². The summed E-state index contributed by atoms with van der Waals surface area (Å²) in [7, 11) is -3.75. The Balaban J connectivity index is 2.17. The molecule has 0 saturated heterocycles. The molecule has 2 rings (SSSR count). The van der Waals surface area contributed by atoms with Gasteiger partial charge in [-0.05, 0) is 35.6 Å². The maximum Gasteiger partial charge on any atom is 0.241 e. The number of carbonyl (C=O) groups excluding carboxylic acids is 1. The van der Waals surface area contributed by atoms with Gasteiger partial charge in [0.25, 0.3) is 0 Å². The fourth-order valence-corrected chi connectivity index (χ4v) is 4.15. The van der Waals surface area contributed by atoms with Gasteiger partial charge < -0.3 is 5.32 Å². The number of nitrogens with one attached hydrogen (secondary N) is 1. The molecule has 29 heavy (non-hydrogen) atoms. The zero-order valence-corrected chi connectivity index (χ0v) is 19.5. The summed E-state index contributed by atoms with van der Waals surface area (Å²) in [5.74, 6) is -0.445. The minimum absolute atomic E-state index is 0.0389. The largest absolute Gasteiger partial charge is 0.348 e. The fraction of sp³-hybridized carbons (Fsp3) is 0.381. The molecule has 0 spiro atoms. The van der Waals surface area contributed by atoms with Gasteiger partial charge in [-0.15, -0.1) is 0 Å². The molecular formula is C21H26Cl2N2O3S. The van der Waals surface area contributed by atoms with Crippen molar-refractivity contribution in [2.24, 2.45) is 0 Å². The highest BCUT2D eigenvalue weighted by atomic mass is 35.5. The molecule has 0 bridgehead atoms. The Morgan fingerprint density at radius 1 is 1.10 bits per heavy atom. The highest BCUT2D eigenvalue weighted by Gasteiger charge is 2.24. The first kappa shape index (κ1) is 23.5. The van der Waals surface area contributed by atoms with Crippen molar-refractivity contribution >= 4 is 44.8 Å². The number of halogens is 2. The van der Waals surface area contributed by atoms with Crippen LogP contribution in [0.25, 0.3) is 0 Å². The Labute approximate surface area is 183 Å². The lowest BCUT2D eigenvalue weighted by Crippen LogP contribution is -2.41. The second kappa shape index (κ2) is 8.94. The molecule has 1 N–H and O–H groups in total. The van der Waals surface area contributed by atoms with E-state index in [4.69, 9.17) is 23.2 Å². The third-order valence-electron chi connectivity index (χ3n) is 4.54. The zero-order valence-electron chi connectivity index (χ0n) is 17.2. The van der Waals surface area contributed by atoms with Gasteiger partial charge in [0.15, 0.2) is 0 Å². The summed E-state index contributed by atoms with van der Waals surface area (Å²) in [6.07, 6.45) is 1.02. The predicted molar refractivity (Wildman–Crippen MR) is 120 cm³/mol. The number of hydrogen-bond donors (Lipinski definition) is 1. The molecule has 1 atom stereocenters. The molecular weight excluding hydrogens is 431 g/mol. The Morgan fingerprint density at radius 2 is 1.69 bits per heavy atom. The van der Waals surface area contributed by atoms with E-state index in [1.54, 1.807) is 12.1 Å². The Kier molecular flexibility index (Phi) is 7.25. The lowest BCUT2D eigenvalue weighted by molar-refractivity contribution is -0.120. The number of anilines is 1. The van der Waals surface area contributed by atoms with E-state index >= 15 is 0 Å². The summed E-state index contributed by atoms with van der Waals surface area (Å²) in [4.78, 5) is 12.6. The van der Waals surface area contributed by atoms with Crippen molar-refractivity contribution in [1.82, 2.24) is 5.32 Å². The molecule has 8 heteroatoms. The topological polar surface area (TPSA) is 66.5 Å². The van der Waals surface area contributed by atoms with E-state index in [0.29, 0.717) is 0 Å². The quantitative estimate of drug-likeness (QED) is 0.669. The predicted octanol–water partition coefficient (Wildman–Crippen LogP) is 4.93. The van der Waals surface area contributed by atoms with Crippen molar-refractivity contribution in [2.45, 2.75) is 39.2 Å². The van der Waals surface area contributed by atoms with E-state index in [0.717, 1.165) is 16.1 Å². The van der Waals surface area contributed by atoms with Crippen LogP contribution in [-0.4, -0.2) is 27.1 Å². The smallest absolute Gasteiger partial charge is 0.241 e. The summed E-state index contributed by atoms with van der Waals surface area (Å²) < 4.78 is 25.5. The highest BCUT2D eigenvalue weighted by Crippen LogP contribution is 2.33. The standard InChI is InChI=1S/C21H26Cl2N2O3S/c1-14(15-9-11-16(12-10-15)21(2,3)4)24-19(26)13-25(29(5,27)28)18-8-6-7-17(22)20(18)23/h6-12,14H,13H2,1-5H3,(H,24,26). The first-order chi connectivity index (χ1) is 13.3. The van der Waals surface area contributed by atoms with Gasteiger partial charge in [-0.25, -0.2) is 8.42 Å². The Morgan fingerprint density at radius 3 is 2.21 bits per heavy atom. The molecule has 0 aliphatic carbocycles. The van der Waals surface area contributed by atoms with Crippen molar-refractivity contribution in [2.75, 3.05) is 17.1 Å². The molecule has 0 heterocycles. The van der Waals surface area contributed by atoms with Gasteiger partial charge in [-0.2, -0.15) is 0 Å². The number of nitrogens with zero attached hydrogens (tertiary/aromatic N) is 1. The maximum atomic E-state index is 12.6. The number of amides is 1. The minimum atomic E-state index is -3.75. The lowest BCUT2D eigenvalue weighted by atomic mass is 9.86. The van der Waals surface area contributed by atoms with Gasteiger partial charge in [-0.1, -0.05) is 74.3 Å². The number of sulfonamides is 1. The number of carbonyl (C=O) groups is 1. The molecule has 1 amide bonds. The SMILES string of the molecule is CC(NC(=O)CN(c1cccc(Cl)c1Cl)S(C)(=O)=O)c1ccc(C(C)(C)C)cc1. The van der Waals surface area contributed by atoms with Crippen LogP contribution in [-0.2, 0) is 20.2 Å². The molecule has 0 aliphatic heterocycles. The van der Waals surface area contributed by atoms with Gasteiger partial charge in [0.05, 0.1) is 28.0 Å². The third kappa shape index (κ3) is 6.11. The van der Waals surface area contributed by atoms with E-state index in [9.17, 15) is 13.2 Å². The van der Waals surface area contributed by atoms with Crippen molar-refractivity contribution < 1.29 is 13.2 Å². The van der Waals surface area contributed by atoms with Crippen molar-refractivity contribution in [3.05, 3.63) is 63.6 Å². The van der Waals surface area contributed by atoms with Gasteiger partial charge in [-0.3, -0.25) is 9.10 Å². The second-order valence-electron chi connectivity index (χ2n) is 8.00. The Hall–Kier alpha value is -1.76. The average molecular weight is 457 g/mol. The zero-order chi connectivity index (χ0) is 22.0. The number of benzene rings is 2. The minimum Gasteiger partial charge on any atom is -0.348 e. The molecule has 0 radical (unpaired) electrons. The lowest BCUT2D eigenvalue weighted by Gasteiger charge is -2.24. The van der Waals surface area contributed by atoms with Crippen LogP contribution < -0.4 is 9.62 Å². The molecule has 0 aliphatic rings. The summed E-state index contributed by atoms with van der Waals surface area (Å²) in [6, 6.07) is 12.4. The fourth-order valence-electron chi connectivity index (χ4n) is 2.84. The van der Waals surface area contributed by atoms with Gasteiger partial charge in [0, 0.05) is 0 Å². The maximum absolute atomic E-state index is 12.6. The van der Waals surface area contributed by atoms with Gasteiger partial charge in [0.1, 0.15) is 6.54 Å². The van der Waals surface area contributed by atoms with Crippen LogP contribution in [0.2, 0.25) is 10.0 Å². The van der Waals surface area contributed by atoms with Crippen LogP contribution in [0.3, 0.4) is 0 Å². The van der Waals surface area contributed by atoms with Gasteiger partial charge in [0.2, 0.25) is 15.9 Å². The van der Waals surface area contributed by atoms with Gasteiger partial charge >= 0.3 is 0 Å². The van der Waals surface area contributed by atoms with Crippen LogP contribution in [0, 0.1) is 0 Å². The molecule has 0 fully saturated rings. The molecule has 5 nitrogen and oxygen atoms in total. The normalized spacial score (nSPS) is 13.1. The summed E-state index contributed by atoms with van der Waals surface area (Å²) >= 11 is 12.2. The summed E-state index contributed by atoms with van der Waals surface area (Å²) in [5, 5.41) is 3.13. The molecule has 158 valence electrons. The summed E-state index contributed by atoms with van der Waals surface area (Å²) in [5.41, 5.74) is 2.33. The van der Waals surface area contributed by atoms with Crippen LogP contribution in [0.1, 0.15) is 44.9 Å². The first-order valence-electron chi connectivity index (χ1n) is 9.12. The molecule has 2 aromatic carbocycles. The van der Waals surface area contributed by atoms with Crippen molar-refractivity contribution in [3.8, 4) is 0 Å². The van der Waals surface area contributed by atoms with Crippen LogP contribution in [0.5, 0.6) is 0 Å². The molecule has 0 aromatic heterocycles. The van der Waals surface area contributed by atoms with Crippen LogP contribution in [0.15, 0.2) is 42.5 Å². The third-order valence-corrected chi connectivity index (χ3v) is 6.48. The van der Waals surface area contributed by atoms with Crippen molar-refractivity contribution in [3.63, 3.8) is 0 Å². The van der Waals surface area contributed by atoms with Crippen LogP contribution in [0.4, 0.5) is 5.69 Å². The van der Waals surface area contributed by atoms with E-state index in [1.165, 1.54) is 11.6 Å². The molecule has 0 saturated carbocycles. The average Bonchev–Trinajstić information content (AvgIpc) is 2.61.